The number of halogens is 1. The Kier molecular flexibility index (Phi) is 4.34. The van der Waals surface area contributed by atoms with Crippen LogP contribution in [0.4, 0.5) is 5.69 Å². The Bertz CT molecular complexity index is 753. The smallest absolute Gasteiger partial charge is 0.231 e. The van der Waals surface area contributed by atoms with Crippen LogP contribution in [-0.2, 0) is 10.0 Å². The van der Waals surface area contributed by atoms with Crippen molar-refractivity contribution < 1.29 is 13.2 Å². The van der Waals surface area contributed by atoms with E-state index in [2.05, 4.69) is 0 Å². The summed E-state index contributed by atoms with van der Waals surface area (Å²) in [6.07, 6.45) is 1.12. The Balaban J connectivity index is 2.27. The van der Waals surface area contributed by atoms with Gasteiger partial charge >= 0.3 is 0 Å². The molecule has 0 spiro atoms. The van der Waals surface area contributed by atoms with E-state index in [9.17, 15) is 13.2 Å². The van der Waals surface area contributed by atoms with Gasteiger partial charge in [0.1, 0.15) is 0 Å². The fourth-order valence-electron chi connectivity index (χ4n) is 1.78. The fraction of sp³-hybridized carbons (Fsp3) is 0.133. The third-order valence-electron chi connectivity index (χ3n) is 3.10. The molecule has 0 aliphatic carbocycles. The minimum atomic E-state index is -3.31. The molecule has 0 unspecified atom stereocenters. The Morgan fingerprint density at radius 2 is 1.38 bits per heavy atom. The lowest BCUT2D eigenvalue weighted by molar-refractivity contribution is 0.103. The van der Waals surface area contributed by atoms with Gasteiger partial charge in [-0.3, -0.25) is 9.10 Å². The topological polar surface area (TPSA) is 54.5 Å². The molecule has 0 heterocycles. The highest BCUT2D eigenvalue weighted by molar-refractivity contribution is 7.92. The van der Waals surface area contributed by atoms with Crippen molar-refractivity contribution in [1.82, 2.24) is 0 Å². The molecule has 2 aromatic rings. The highest BCUT2D eigenvalue weighted by Gasteiger charge is 2.13. The SMILES string of the molecule is CN(c1ccc(C(=O)c2ccc(Cl)cc2)cc1)S(C)(=O)=O. The highest BCUT2D eigenvalue weighted by atomic mass is 35.5. The fourth-order valence-corrected chi connectivity index (χ4v) is 2.41. The Morgan fingerprint density at radius 1 is 0.952 bits per heavy atom. The molecule has 2 rings (SSSR count). The number of benzene rings is 2. The molecular formula is C15H14ClNO3S. The molecule has 0 radical (unpaired) electrons. The molecule has 0 aliphatic rings. The standard InChI is InChI=1S/C15H14ClNO3S/c1-17(21(2,19)20)14-9-5-12(6-10-14)15(18)11-3-7-13(16)8-4-11/h3-10H,1-2H3. The van der Waals surface area contributed by atoms with E-state index < -0.39 is 10.0 Å². The van der Waals surface area contributed by atoms with Crippen molar-refractivity contribution in [3.05, 3.63) is 64.7 Å². The first kappa shape index (κ1) is 15.5. The minimum absolute atomic E-state index is 0.139. The molecule has 6 heteroatoms. The van der Waals surface area contributed by atoms with E-state index in [1.807, 2.05) is 0 Å². The van der Waals surface area contributed by atoms with Crippen LogP contribution in [0.25, 0.3) is 0 Å². The van der Waals surface area contributed by atoms with Gasteiger partial charge in [0.25, 0.3) is 0 Å². The monoisotopic (exact) mass is 323 g/mol. The van der Waals surface area contributed by atoms with Crippen molar-refractivity contribution in [2.45, 2.75) is 0 Å². The second kappa shape index (κ2) is 5.87. The second-order valence-corrected chi connectivity index (χ2v) is 7.06. The van der Waals surface area contributed by atoms with Crippen LogP contribution in [0.2, 0.25) is 5.02 Å². The molecule has 0 atom stereocenters. The summed E-state index contributed by atoms with van der Waals surface area (Å²) in [5.41, 5.74) is 1.52. The van der Waals surface area contributed by atoms with Gasteiger partial charge in [0.05, 0.1) is 11.9 Å². The van der Waals surface area contributed by atoms with E-state index in [4.69, 9.17) is 11.6 Å². The summed E-state index contributed by atoms with van der Waals surface area (Å²) < 4.78 is 24.1. The third-order valence-corrected chi connectivity index (χ3v) is 4.55. The first-order valence-corrected chi connectivity index (χ1v) is 8.36. The van der Waals surface area contributed by atoms with E-state index in [1.54, 1.807) is 48.5 Å². The zero-order chi connectivity index (χ0) is 15.6. The first-order chi connectivity index (χ1) is 9.79. The molecule has 0 fully saturated rings. The molecule has 2 aromatic carbocycles. The van der Waals surface area contributed by atoms with Crippen LogP contribution in [-0.4, -0.2) is 27.5 Å². The van der Waals surface area contributed by atoms with Gasteiger partial charge in [-0.15, -0.1) is 0 Å². The summed E-state index contributed by atoms with van der Waals surface area (Å²) in [5.74, 6) is -0.139. The first-order valence-electron chi connectivity index (χ1n) is 6.13. The second-order valence-electron chi connectivity index (χ2n) is 4.61. The quantitative estimate of drug-likeness (QED) is 0.813. The maximum atomic E-state index is 12.3. The van der Waals surface area contributed by atoms with Gasteiger partial charge in [-0.25, -0.2) is 8.42 Å². The van der Waals surface area contributed by atoms with Crippen LogP contribution in [0, 0.1) is 0 Å². The van der Waals surface area contributed by atoms with Crippen molar-refractivity contribution in [2.75, 3.05) is 17.6 Å². The summed E-state index contributed by atoms with van der Waals surface area (Å²) >= 11 is 5.79. The van der Waals surface area contributed by atoms with E-state index in [1.165, 1.54) is 7.05 Å². The predicted octanol–water partition coefficient (Wildman–Crippen LogP) is 2.97. The molecule has 0 bridgehead atoms. The number of anilines is 1. The van der Waals surface area contributed by atoms with E-state index in [-0.39, 0.29) is 5.78 Å². The van der Waals surface area contributed by atoms with Gasteiger partial charge in [-0.05, 0) is 48.5 Å². The van der Waals surface area contributed by atoms with Gasteiger partial charge < -0.3 is 0 Å². The number of rotatable bonds is 4. The lowest BCUT2D eigenvalue weighted by atomic mass is 10.0. The number of nitrogens with zero attached hydrogens (tertiary/aromatic N) is 1. The molecule has 0 amide bonds. The van der Waals surface area contributed by atoms with E-state index in [0.29, 0.717) is 21.8 Å². The van der Waals surface area contributed by atoms with Crippen LogP contribution in [0.15, 0.2) is 48.5 Å². The number of hydrogen-bond acceptors (Lipinski definition) is 3. The highest BCUT2D eigenvalue weighted by Crippen LogP contribution is 2.19. The summed E-state index contributed by atoms with van der Waals surface area (Å²) in [6, 6.07) is 13.0. The average molecular weight is 324 g/mol. The third kappa shape index (κ3) is 3.62. The van der Waals surface area contributed by atoms with Crippen LogP contribution in [0.3, 0.4) is 0 Å². The number of ketones is 1. The summed E-state index contributed by atoms with van der Waals surface area (Å²) in [4.78, 5) is 12.3. The molecule has 110 valence electrons. The molecule has 21 heavy (non-hydrogen) atoms. The zero-order valence-corrected chi connectivity index (χ0v) is 13.1. The van der Waals surface area contributed by atoms with Gasteiger partial charge in [0, 0.05) is 23.2 Å². The van der Waals surface area contributed by atoms with E-state index in [0.717, 1.165) is 10.6 Å². The summed E-state index contributed by atoms with van der Waals surface area (Å²) in [6.45, 7) is 0. The molecular weight excluding hydrogens is 310 g/mol. The Labute approximate surface area is 129 Å². The molecule has 0 aliphatic heterocycles. The van der Waals surface area contributed by atoms with Gasteiger partial charge in [-0.2, -0.15) is 0 Å². The van der Waals surface area contributed by atoms with Gasteiger partial charge in [0.15, 0.2) is 5.78 Å². The lowest BCUT2D eigenvalue weighted by Gasteiger charge is -2.16. The largest absolute Gasteiger partial charge is 0.289 e. The Morgan fingerprint density at radius 3 is 1.81 bits per heavy atom. The predicted molar refractivity (Wildman–Crippen MR) is 84.6 cm³/mol. The molecule has 0 aromatic heterocycles. The van der Waals surface area contributed by atoms with Crippen molar-refractivity contribution in [3.63, 3.8) is 0 Å². The normalized spacial score (nSPS) is 11.2. The van der Waals surface area contributed by atoms with Crippen molar-refractivity contribution in [3.8, 4) is 0 Å². The zero-order valence-electron chi connectivity index (χ0n) is 11.6. The molecule has 0 saturated carbocycles. The Hall–Kier alpha value is -1.85. The molecule has 0 N–H and O–H groups in total. The van der Waals surface area contributed by atoms with Crippen molar-refractivity contribution >= 4 is 33.1 Å². The number of carbonyl (C=O) groups is 1. The number of hydrogen-bond donors (Lipinski definition) is 0. The van der Waals surface area contributed by atoms with Crippen LogP contribution in [0.5, 0.6) is 0 Å². The van der Waals surface area contributed by atoms with Crippen molar-refractivity contribution in [2.24, 2.45) is 0 Å². The van der Waals surface area contributed by atoms with Crippen LogP contribution >= 0.6 is 11.6 Å². The average Bonchev–Trinajstić information content (AvgIpc) is 2.46. The maximum Gasteiger partial charge on any atom is 0.231 e. The van der Waals surface area contributed by atoms with Crippen molar-refractivity contribution in [1.29, 1.82) is 0 Å². The molecule has 4 nitrogen and oxygen atoms in total. The minimum Gasteiger partial charge on any atom is -0.289 e. The van der Waals surface area contributed by atoms with Crippen LogP contribution in [0.1, 0.15) is 15.9 Å². The summed E-state index contributed by atoms with van der Waals surface area (Å²) in [7, 11) is -1.85. The van der Waals surface area contributed by atoms with E-state index >= 15 is 0 Å². The number of carbonyl (C=O) groups excluding carboxylic acids is 1. The lowest BCUT2D eigenvalue weighted by Crippen LogP contribution is -2.24. The maximum absolute atomic E-state index is 12.3. The molecule has 0 saturated heterocycles. The number of sulfonamides is 1. The van der Waals surface area contributed by atoms with Gasteiger partial charge in [-0.1, -0.05) is 11.6 Å². The summed E-state index contributed by atoms with van der Waals surface area (Å²) in [5, 5.41) is 0.566. The van der Waals surface area contributed by atoms with Crippen LogP contribution < -0.4 is 4.31 Å². The van der Waals surface area contributed by atoms with Gasteiger partial charge in [0.2, 0.25) is 10.0 Å².